The van der Waals surface area contributed by atoms with Crippen molar-refractivity contribution in [1.29, 1.82) is 0 Å². The maximum Gasteiger partial charge on any atom is 0.260 e. The average Bonchev–Trinajstić information content (AvgIpc) is 2.37. The maximum absolute atomic E-state index is 12.4. The van der Waals surface area contributed by atoms with E-state index in [4.69, 9.17) is 4.74 Å². The first kappa shape index (κ1) is 15.4. The summed E-state index contributed by atoms with van der Waals surface area (Å²) in [6.45, 7) is 6.35. The average molecular weight is 340 g/mol. The predicted octanol–water partition coefficient (Wildman–Crippen LogP) is 3.93. The smallest absolute Gasteiger partial charge is 0.260 e. The fraction of sp³-hybridized carbons (Fsp3) is 0.562. The van der Waals surface area contributed by atoms with Crippen molar-refractivity contribution in [3.05, 3.63) is 28.2 Å². The van der Waals surface area contributed by atoms with Crippen LogP contribution in [0.5, 0.6) is 5.75 Å². The molecular formula is C16H22BrNO2. The van der Waals surface area contributed by atoms with Gasteiger partial charge in [-0.3, -0.25) is 4.79 Å². The molecule has 3 nitrogen and oxygen atoms in total. The van der Waals surface area contributed by atoms with Gasteiger partial charge in [0, 0.05) is 16.6 Å². The van der Waals surface area contributed by atoms with Gasteiger partial charge in [0.15, 0.2) is 6.61 Å². The molecule has 0 bridgehead atoms. The molecular weight excluding hydrogens is 318 g/mol. The molecule has 110 valence electrons. The van der Waals surface area contributed by atoms with Crippen molar-refractivity contribution < 1.29 is 9.53 Å². The molecule has 20 heavy (non-hydrogen) atoms. The molecule has 0 spiro atoms. The molecule has 2 rings (SSSR count). The van der Waals surface area contributed by atoms with Crippen LogP contribution in [0.2, 0.25) is 0 Å². The van der Waals surface area contributed by atoms with Gasteiger partial charge in [0.25, 0.3) is 5.91 Å². The molecule has 1 fully saturated rings. The van der Waals surface area contributed by atoms with E-state index in [-0.39, 0.29) is 12.5 Å². The number of piperidine rings is 1. The largest absolute Gasteiger partial charge is 0.483 e. The third-order valence-electron chi connectivity index (χ3n) is 3.97. The van der Waals surface area contributed by atoms with E-state index in [1.54, 1.807) is 0 Å². The van der Waals surface area contributed by atoms with Crippen molar-refractivity contribution in [1.82, 2.24) is 4.90 Å². The van der Waals surface area contributed by atoms with Crippen LogP contribution in [0.4, 0.5) is 0 Å². The van der Waals surface area contributed by atoms with E-state index in [1.807, 2.05) is 30.0 Å². The summed E-state index contributed by atoms with van der Waals surface area (Å²) in [5, 5.41) is 0. The van der Waals surface area contributed by atoms with Crippen molar-refractivity contribution in [2.45, 2.75) is 52.1 Å². The topological polar surface area (TPSA) is 29.5 Å². The van der Waals surface area contributed by atoms with Gasteiger partial charge in [-0.1, -0.05) is 15.9 Å². The Morgan fingerprint density at radius 3 is 2.60 bits per heavy atom. The summed E-state index contributed by atoms with van der Waals surface area (Å²) in [5.74, 6) is 0.867. The molecule has 1 aliphatic heterocycles. The van der Waals surface area contributed by atoms with E-state index in [1.165, 1.54) is 6.42 Å². The fourth-order valence-corrected chi connectivity index (χ4v) is 3.38. The Labute approximate surface area is 129 Å². The molecule has 0 aliphatic carbocycles. The number of carbonyl (C=O) groups is 1. The zero-order valence-corrected chi connectivity index (χ0v) is 13.9. The van der Waals surface area contributed by atoms with Crippen LogP contribution in [-0.4, -0.2) is 29.5 Å². The van der Waals surface area contributed by atoms with Gasteiger partial charge in [-0.15, -0.1) is 0 Å². The summed E-state index contributed by atoms with van der Waals surface area (Å²) >= 11 is 3.42. The Kier molecular flexibility index (Phi) is 5.08. The van der Waals surface area contributed by atoms with Crippen LogP contribution in [-0.2, 0) is 4.79 Å². The minimum atomic E-state index is 0.0898. The zero-order valence-electron chi connectivity index (χ0n) is 12.4. The number of likely N-dealkylation sites (tertiary alicyclic amines) is 1. The molecule has 0 unspecified atom stereocenters. The van der Waals surface area contributed by atoms with E-state index < -0.39 is 0 Å². The Morgan fingerprint density at radius 1 is 1.35 bits per heavy atom. The van der Waals surface area contributed by atoms with Gasteiger partial charge >= 0.3 is 0 Å². The first-order valence-electron chi connectivity index (χ1n) is 7.19. The van der Waals surface area contributed by atoms with Crippen molar-refractivity contribution in [2.75, 3.05) is 6.61 Å². The SMILES string of the molecule is Cc1cc(Br)ccc1OCC(=O)N1[C@H](C)CCC[C@@H]1C. The molecule has 1 saturated heterocycles. The van der Waals surface area contributed by atoms with Crippen LogP contribution in [0.1, 0.15) is 38.7 Å². The van der Waals surface area contributed by atoms with Crippen LogP contribution < -0.4 is 4.74 Å². The molecule has 0 radical (unpaired) electrons. The highest BCUT2D eigenvalue weighted by atomic mass is 79.9. The predicted molar refractivity (Wildman–Crippen MR) is 84.0 cm³/mol. The molecule has 1 aliphatic rings. The number of rotatable bonds is 3. The summed E-state index contributed by atoms with van der Waals surface area (Å²) in [4.78, 5) is 14.3. The molecule has 1 aromatic rings. The molecule has 1 aromatic carbocycles. The monoisotopic (exact) mass is 339 g/mol. The molecule has 0 aromatic heterocycles. The number of halogens is 1. The summed E-state index contributed by atoms with van der Waals surface area (Å²) in [6.07, 6.45) is 3.39. The van der Waals surface area contributed by atoms with Crippen molar-refractivity contribution in [3.63, 3.8) is 0 Å². The standard InChI is InChI=1S/C16H22BrNO2/c1-11-9-14(17)7-8-15(11)20-10-16(19)18-12(2)5-4-6-13(18)3/h7-9,12-13H,4-6,10H2,1-3H3/t12-,13+. The highest BCUT2D eigenvalue weighted by Crippen LogP contribution is 2.24. The number of hydrogen-bond acceptors (Lipinski definition) is 2. The zero-order chi connectivity index (χ0) is 14.7. The van der Waals surface area contributed by atoms with E-state index in [9.17, 15) is 4.79 Å². The third kappa shape index (κ3) is 3.54. The third-order valence-corrected chi connectivity index (χ3v) is 4.46. The fourth-order valence-electron chi connectivity index (χ4n) is 2.90. The first-order chi connectivity index (χ1) is 9.49. The number of hydrogen-bond donors (Lipinski definition) is 0. The van der Waals surface area contributed by atoms with Gasteiger partial charge < -0.3 is 9.64 Å². The Hall–Kier alpha value is -1.03. The number of nitrogens with zero attached hydrogens (tertiary/aromatic N) is 1. The number of carbonyl (C=O) groups excluding carboxylic acids is 1. The van der Waals surface area contributed by atoms with Gasteiger partial charge in [0.05, 0.1) is 0 Å². The van der Waals surface area contributed by atoms with Crippen molar-refractivity contribution in [2.24, 2.45) is 0 Å². The van der Waals surface area contributed by atoms with Crippen LogP contribution in [0.3, 0.4) is 0 Å². The quantitative estimate of drug-likeness (QED) is 0.835. The minimum absolute atomic E-state index is 0.0898. The van der Waals surface area contributed by atoms with E-state index in [0.29, 0.717) is 12.1 Å². The van der Waals surface area contributed by atoms with Crippen LogP contribution >= 0.6 is 15.9 Å². The van der Waals surface area contributed by atoms with E-state index in [0.717, 1.165) is 28.6 Å². The maximum atomic E-state index is 12.4. The number of aryl methyl sites for hydroxylation is 1. The normalized spacial score (nSPS) is 22.7. The molecule has 0 saturated carbocycles. The van der Waals surface area contributed by atoms with Gasteiger partial charge in [-0.05, 0) is 63.8 Å². The van der Waals surface area contributed by atoms with Crippen LogP contribution in [0.25, 0.3) is 0 Å². The highest BCUT2D eigenvalue weighted by molar-refractivity contribution is 9.10. The van der Waals surface area contributed by atoms with E-state index in [2.05, 4.69) is 29.8 Å². The lowest BCUT2D eigenvalue weighted by molar-refractivity contribution is -0.139. The van der Waals surface area contributed by atoms with Gasteiger partial charge in [-0.2, -0.15) is 0 Å². The summed E-state index contributed by atoms with van der Waals surface area (Å²) in [5.41, 5.74) is 1.03. The molecule has 0 N–H and O–H groups in total. The van der Waals surface area contributed by atoms with Crippen LogP contribution in [0, 0.1) is 6.92 Å². The summed E-state index contributed by atoms with van der Waals surface area (Å²) < 4.78 is 6.71. The molecule has 2 atom stereocenters. The Balaban J connectivity index is 1.97. The minimum Gasteiger partial charge on any atom is -0.483 e. The Bertz CT molecular complexity index is 479. The Morgan fingerprint density at radius 2 is 2.00 bits per heavy atom. The second kappa shape index (κ2) is 6.61. The first-order valence-corrected chi connectivity index (χ1v) is 7.98. The number of ether oxygens (including phenoxy) is 1. The molecule has 1 amide bonds. The van der Waals surface area contributed by atoms with Gasteiger partial charge in [0.2, 0.25) is 0 Å². The number of benzene rings is 1. The lowest BCUT2D eigenvalue weighted by Crippen LogP contribution is -2.49. The number of amides is 1. The second-order valence-corrected chi connectivity index (χ2v) is 6.54. The van der Waals surface area contributed by atoms with Crippen molar-refractivity contribution in [3.8, 4) is 5.75 Å². The van der Waals surface area contributed by atoms with Crippen molar-refractivity contribution >= 4 is 21.8 Å². The lowest BCUT2D eigenvalue weighted by atomic mass is 9.97. The van der Waals surface area contributed by atoms with Gasteiger partial charge in [-0.25, -0.2) is 0 Å². The lowest BCUT2D eigenvalue weighted by Gasteiger charge is -2.39. The van der Waals surface area contributed by atoms with Gasteiger partial charge in [0.1, 0.15) is 5.75 Å². The molecule has 4 heteroatoms. The second-order valence-electron chi connectivity index (χ2n) is 5.63. The summed E-state index contributed by atoms with van der Waals surface area (Å²) in [6, 6.07) is 6.46. The van der Waals surface area contributed by atoms with E-state index >= 15 is 0 Å². The molecule has 1 heterocycles. The summed E-state index contributed by atoms with van der Waals surface area (Å²) in [7, 11) is 0. The highest BCUT2D eigenvalue weighted by Gasteiger charge is 2.28. The van der Waals surface area contributed by atoms with Crippen LogP contribution in [0.15, 0.2) is 22.7 Å².